The SMILES string of the molecule is COc1ccc([C@H](C)N(CC=C(c2ccccc2)c2ccccc2)CCN2CC2)cc1. The summed E-state index contributed by atoms with van der Waals surface area (Å²) in [6.07, 6.45) is 2.40. The number of hydrogen-bond donors (Lipinski definition) is 0. The third kappa shape index (κ3) is 5.84. The number of hydrogen-bond acceptors (Lipinski definition) is 3. The van der Waals surface area contributed by atoms with Gasteiger partial charge in [-0.05, 0) is 41.3 Å². The van der Waals surface area contributed by atoms with Crippen LogP contribution >= 0.6 is 0 Å². The average molecular weight is 413 g/mol. The molecule has 160 valence electrons. The Morgan fingerprint density at radius 2 is 1.48 bits per heavy atom. The van der Waals surface area contributed by atoms with Gasteiger partial charge >= 0.3 is 0 Å². The summed E-state index contributed by atoms with van der Waals surface area (Å²) in [5.41, 5.74) is 5.13. The molecular formula is C28H32N2O. The summed E-state index contributed by atoms with van der Waals surface area (Å²) in [7, 11) is 1.72. The molecule has 3 aromatic carbocycles. The van der Waals surface area contributed by atoms with Crippen LogP contribution in [0.25, 0.3) is 5.57 Å². The fraction of sp³-hybridized carbons (Fsp3) is 0.286. The molecule has 3 nitrogen and oxygen atoms in total. The highest BCUT2D eigenvalue weighted by Crippen LogP contribution is 2.26. The Labute approximate surface area is 186 Å². The van der Waals surface area contributed by atoms with Gasteiger partial charge in [-0.15, -0.1) is 0 Å². The highest BCUT2D eigenvalue weighted by atomic mass is 16.5. The lowest BCUT2D eigenvalue weighted by atomic mass is 9.97. The number of ether oxygens (including phenoxy) is 1. The summed E-state index contributed by atoms with van der Waals surface area (Å²) in [4.78, 5) is 5.07. The van der Waals surface area contributed by atoms with Crippen molar-refractivity contribution in [1.82, 2.24) is 9.80 Å². The summed E-state index contributed by atoms with van der Waals surface area (Å²) in [5.74, 6) is 0.905. The van der Waals surface area contributed by atoms with Crippen molar-refractivity contribution in [2.75, 3.05) is 39.8 Å². The summed E-state index contributed by atoms with van der Waals surface area (Å²) in [6.45, 7) is 7.86. The largest absolute Gasteiger partial charge is 0.497 e. The van der Waals surface area contributed by atoms with Gasteiger partial charge < -0.3 is 4.74 Å². The van der Waals surface area contributed by atoms with Crippen LogP contribution in [0.5, 0.6) is 5.75 Å². The third-order valence-electron chi connectivity index (χ3n) is 6.09. The van der Waals surface area contributed by atoms with E-state index in [1.807, 2.05) is 0 Å². The number of benzene rings is 3. The molecule has 0 aromatic heterocycles. The van der Waals surface area contributed by atoms with Crippen molar-refractivity contribution in [3.05, 3.63) is 108 Å². The fourth-order valence-corrected chi connectivity index (χ4v) is 3.95. The van der Waals surface area contributed by atoms with E-state index in [9.17, 15) is 0 Å². The van der Waals surface area contributed by atoms with Crippen molar-refractivity contribution in [1.29, 1.82) is 0 Å². The molecule has 0 amide bonds. The van der Waals surface area contributed by atoms with Crippen molar-refractivity contribution in [2.45, 2.75) is 13.0 Å². The molecule has 1 fully saturated rings. The van der Waals surface area contributed by atoms with E-state index in [2.05, 4.69) is 108 Å². The first kappa shape index (κ1) is 21.4. The van der Waals surface area contributed by atoms with Crippen molar-refractivity contribution < 1.29 is 4.74 Å². The standard InChI is InChI=1S/C28H32N2O/c1-23(24-13-15-27(31-2)16-14-24)30(22-21-29-19-20-29)18-17-28(25-9-5-3-6-10-25)26-11-7-4-8-12-26/h3-17,23H,18-22H2,1-2H3/t23-/m0/s1. The maximum atomic E-state index is 5.34. The zero-order valence-corrected chi connectivity index (χ0v) is 18.6. The molecule has 0 unspecified atom stereocenters. The van der Waals surface area contributed by atoms with Crippen LogP contribution in [0.1, 0.15) is 29.7 Å². The van der Waals surface area contributed by atoms with E-state index in [1.165, 1.54) is 35.4 Å². The number of rotatable bonds is 10. The smallest absolute Gasteiger partial charge is 0.118 e. The Bertz CT molecular complexity index is 921. The van der Waals surface area contributed by atoms with E-state index in [4.69, 9.17) is 4.74 Å². The molecule has 31 heavy (non-hydrogen) atoms. The van der Waals surface area contributed by atoms with Crippen LogP contribution in [-0.4, -0.2) is 49.6 Å². The molecule has 1 heterocycles. The number of methoxy groups -OCH3 is 1. The molecule has 3 heteroatoms. The van der Waals surface area contributed by atoms with Gasteiger partial charge in [-0.3, -0.25) is 9.80 Å². The molecule has 0 spiro atoms. The van der Waals surface area contributed by atoms with Crippen LogP contribution in [0.15, 0.2) is 91.0 Å². The van der Waals surface area contributed by atoms with Crippen LogP contribution < -0.4 is 4.74 Å². The van der Waals surface area contributed by atoms with Crippen molar-refractivity contribution >= 4 is 5.57 Å². The Balaban J connectivity index is 1.59. The van der Waals surface area contributed by atoms with Crippen LogP contribution in [-0.2, 0) is 0 Å². The van der Waals surface area contributed by atoms with E-state index < -0.39 is 0 Å². The van der Waals surface area contributed by atoms with Crippen molar-refractivity contribution in [3.63, 3.8) is 0 Å². The average Bonchev–Trinajstić information content (AvgIpc) is 3.67. The molecule has 0 bridgehead atoms. The minimum atomic E-state index is 0.329. The van der Waals surface area contributed by atoms with Crippen molar-refractivity contribution in [3.8, 4) is 5.75 Å². The Morgan fingerprint density at radius 3 is 2.00 bits per heavy atom. The molecule has 0 aliphatic carbocycles. The monoisotopic (exact) mass is 412 g/mol. The lowest BCUT2D eigenvalue weighted by Crippen LogP contribution is -2.32. The van der Waals surface area contributed by atoms with Gasteiger partial charge in [0.25, 0.3) is 0 Å². The van der Waals surface area contributed by atoms with Crippen molar-refractivity contribution in [2.24, 2.45) is 0 Å². The molecule has 4 rings (SSSR count). The fourth-order valence-electron chi connectivity index (χ4n) is 3.95. The predicted octanol–water partition coefficient (Wildman–Crippen LogP) is 5.51. The quantitative estimate of drug-likeness (QED) is 0.409. The van der Waals surface area contributed by atoms with Crippen LogP contribution in [0.4, 0.5) is 0 Å². The summed E-state index contributed by atoms with van der Waals surface area (Å²) < 4.78 is 5.34. The molecule has 0 N–H and O–H groups in total. The minimum Gasteiger partial charge on any atom is -0.497 e. The second-order valence-electron chi connectivity index (χ2n) is 8.14. The molecule has 1 atom stereocenters. The zero-order valence-electron chi connectivity index (χ0n) is 18.6. The van der Waals surface area contributed by atoms with Gasteiger partial charge in [-0.2, -0.15) is 0 Å². The molecule has 0 radical (unpaired) electrons. The highest BCUT2D eigenvalue weighted by Gasteiger charge is 2.21. The van der Waals surface area contributed by atoms with Gasteiger partial charge in [-0.1, -0.05) is 78.9 Å². The maximum absolute atomic E-state index is 5.34. The number of nitrogens with zero attached hydrogens (tertiary/aromatic N) is 2. The molecular weight excluding hydrogens is 380 g/mol. The predicted molar refractivity (Wildman–Crippen MR) is 129 cm³/mol. The van der Waals surface area contributed by atoms with Gasteiger partial charge in [-0.25, -0.2) is 0 Å². The molecule has 0 saturated carbocycles. The zero-order chi connectivity index (χ0) is 21.5. The van der Waals surface area contributed by atoms with E-state index in [0.717, 1.165) is 25.4 Å². The first-order valence-electron chi connectivity index (χ1n) is 11.2. The summed E-state index contributed by atoms with van der Waals surface area (Å²) in [6, 6.07) is 30.2. The van der Waals surface area contributed by atoms with E-state index >= 15 is 0 Å². The Hall–Kier alpha value is -2.88. The topological polar surface area (TPSA) is 15.5 Å². The molecule has 1 saturated heterocycles. The molecule has 3 aromatic rings. The van der Waals surface area contributed by atoms with Gasteiger partial charge in [0.05, 0.1) is 7.11 Å². The van der Waals surface area contributed by atoms with Crippen LogP contribution in [0.2, 0.25) is 0 Å². The summed E-state index contributed by atoms with van der Waals surface area (Å²) in [5, 5.41) is 0. The first-order valence-corrected chi connectivity index (χ1v) is 11.2. The molecule has 1 aliphatic heterocycles. The van der Waals surface area contributed by atoms with Gasteiger partial charge in [0.1, 0.15) is 5.75 Å². The highest BCUT2D eigenvalue weighted by molar-refractivity contribution is 5.79. The van der Waals surface area contributed by atoms with E-state index in [-0.39, 0.29) is 0 Å². The summed E-state index contributed by atoms with van der Waals surface area (Å²) >= 11 is 0. The second-order valence-corrected chi connectivity index (χ2v) is 8.14. The maximum Gasteiger partial charge on any atom is 0.118 e. The van der Waals surface area contributed by atoms with E-state index in [1.54, 1.807) is 7.11 Å². The van der Waals surface area contributed by atoms with Gasteiger partial charge in [0, 0.05) is 38.8 Å². The lowest BCUT2D eigenvalue weighted by molar-refractivity contribution is 0.223. The second kappa shape index (κ2) is 10.4. The van der Waals surface area contributed by atoms with Gasteiger partial charge in [0.2, 0.25) is 0 Å². The van der Waals surface area contributed by atoms with Gasteiger partial charge in [0.15, 0.2) is 0 Å². The first-order chi connectivity index (χ1) is 15.2. The Kier molecular flexibility index (Phi) is 7.18. The third-order valence-corrected chi connectivity index (χ3v) is 6.09. The normalized spacial score (nSPS) is 14.3. The Morgan fingerprint density at radius 1 is 0.903 bits per heavy atom. The van der Waals surface area contributed by atoms with E-state index in [0.29, 0.717) is 6.04 Å². The van der Waals surface area contributed by atoms with Crippen LogP contribution in [0.3, 0.4) is 0 Å². The minimum absolute atomic E-state index is 0.329. The lowest BCUT2D eigenvalue weighted by Gasteiger charge is -2.29. The molecule has 1 aliphatic rings. The van der Waals surface area contributed by atoms with Crippen LogP contribution in [0, 0.1) is 0 Å².